The Balaban J connectivity index is 2.25. The van der Waals surface area contributed by atoms with Gasteiger partial charge in [0.1, 0.15) is 23.3 Å². The van der Waals surface area contributed by atoms with Gasteiger partial charge in [-0.1, -0.05) is 30.8 Å². The van der Waals surface area contributed by atoms with Crippen molar-refractivity contribution in [2.45, 2.75) is 90.0 Å². The van der Waals surface area contributed by atoms with Crippen molar-refractivity contribution in [2.24, 2.45) is 0 Å². The molecule has 0 N–H and O–H groups in total. The van der Waals surface area contributed by atoms with E-state index < -0.39 is 180 Å². The van der Waals surface area contributed by atoms with E-state index in [0.717, 1.165) is 0 Å². The van der Waals surface area contributed by atoms with Crippen LogP contribution in [0.5, 0.6) is 0 Å². The van der Waals surface area contributed by atoms with Crippen LogP contribution in [0.25, 0.3) is 0 Å². The Morgan fingerprint density at radius 1 is 0.547 bits per heavy atom. The summed E-state index contributed by atoms with van der Waals surface area (Å²) in [6, 6.07) is -0.266. The minimum atomic E-state index is -4.86. The molecule has 5 rings (SSSR count). The van der Waals surface area contributed by atoms with Crippen LogP contribution >= 0.6 is 7.26 Å². The number of halogens is 19. The van der Waals surface area contributed by atoms with Gasteiger partial charge in [0.15, 0.2) is 93.4 Å². The summed E-state index contributed by atoms with van der Waals surface area (Å²) < 4.78 is 291. The molecule has 0 radical (unpaired) electrons. The second-order valence-corrected chi connectivity index (χ2v) is 22.6. The third-order valence-corrected chi connectivity index (χ3v) is 19.1. The Bertz CT molecular complexity index is 2540. The molecule has 22 heteroatoms. The second-order valence-electron chi connectivity index (χ2n) is 17.3. The van der Waals surface area contributed by atoms with Gasteiger partial charge in [0.25, 0.3) is 6.71 Å². The molecule has 0 aromatic heterocycles. The number of benzene rings is 4. The molecule has 1 aliphatic rings. The van der Waals surface area contributed by atoms with Crippen LogP contribution in [0.15, 0.2) is 28.7 Å². The zero-order valence-electron chi connectivity index (χ0n) is 34.3. The van der Waals surface area contributed by atoms with Crippen LogP contribution in [0.1, 0.15) is 67.7 Å². The van der Waals surface area contributed by atoms with Crippen LogP contribution in [0.2, 0.25) is 6.32 Å². The van der Waals surface area contributed by atoms with Gasteiger partial charge < -0.3 is 0 Å². The molecule has 1 fully saturated rings. The SMILES string of the molecule is CCCCC1C[B-](c2c(F)c(F)c(F)c(F)c2F)(c2c(F)c(F)c(F)c(F)c2F)C(=C=C=CB(c2cc(F)c(F)c(F)c2F)c2c(F)c(F)c(F)c(F)c2F)[P+]1(C(C)(C)C)C(C)(C)C. The first kappa shape index (κ1) is 50.4. The van der Waals surface area contributed by atoms with Crippen molar-refractivity contribution in [1.82, 2.24) is 0 Å². The summed E-state index contributed by atoms with van der Waals surface area (Å²) >= 11 is 0. The van der Waals surface area contributed by atoms with E-state index in [1.807, 2.05) is 5.73 Å². The molecule has 4 aromatic rings. The summed E-state index contributed by atoms with van der Waals surface area (Å²) in [5.74, 6) is -51.5. The van der Waals surface area contributed by atoms with Gasteiger partial charge in [-0.3, -0.25) is 0 Å². The summed E-state index contributed by atoms with van der Waals surface area (Å²) in [7, 11) is -4.01. The van der Waals surface area contributed by atoms with Crippen molar-refractivity contribution < 1.29 is 83.4 Å². The van der Waals surface area contributed by atoms with Crippen LogP contribution in [0.4, 0.5) is 83.4 Å². The van der Waals surface area contributed by atoms with Gasteiger partial charge in [-0.05, 0) is 71.1 Å². The zero-order valence-corrected chi connectivity index (χ0v) is 35.2. The van der Waals surface area contributed by atoms with E-state index in [9.17, 15) is 35.1 Å². The smallest absolute Gasteiger partial charge is 0.207 e. The molecule has 0 aliphatic carbocycles. The predicted octanol–water partition coefficient (Wildman–Crippen LogP) is 11.7. The third-order valence-electron chi connectivity index (χ3n) is 12.0. The van der Waals surface area contributed by atoms with Crippen LogP contribution in [0.3, 0.4) is 0 Å². The zero-order chi connectivity index (χ0) is 48.7. The molecule has 0 nitrogen and oxygen atoms in total. The average Bonchev–Trinajstić information content (AvgIpc) is 3.52. The molecule has 344 valence electrons. The summed E-state index contributed by atoms with van der Waals surface area (Å²) in [6.45, 7) is 7.27. The van der Waals surface area contributed by atoms with Crippen LogP contribution in [-0.2, 0) is 0 Å². The monoisotopic (exact) mass is 950 g/mol. The van der Waals surface area contributed by atoms with Crippen LogP contribution in [-0.4, -0.2) is 28.8 Å². The number of rotatable bonds is 8. The highest BCUT2D eigenvalue weighted by Crippen LogP contribution is 2.89. The molecule has 4 aromatic carbocycles. The molecule has 1 unspecified atom stereocenters. The molecule has 0 saturated carbocycles. The van der Waals surface area contributed by atoms with E-state index in [0.29, 0.717) is 6.42 Å². The number of unbranched alkanes of at least 4 members (excludes halogenated alkanes) is 1. The maximum atomic E-state index is 16.6. The maximum Gasteiger partial charge on any atom is 0.254 e. The van der Waals surface area contributed by atoms with Crippen LogP contribution in [0, 0.1) is 111 Å². The van der Waals surface area contributed by atoms with Gasteiger partial charge in [0.2, 0.25) is 0 Å². The molecule has 1 aliphatic heterocycles. The Hall–Kier alpha value is -4.59. The molecule has 0 bridgehead atoms. The van der Waals surface area contributed by atoms with Crippen molar-refractivity contribution in [3.05, 3.63) is 139 Å². The van der Waals surface area contributed by atoms with E-state index in [2.05, 4.69) is 5.73 Å². The Kier molecular flexibility index (Phi) is 13.6. The lowest BCUT2D eigenvalue weighted by molar-refractivity contribution is 0.381. The van der Waals surface area contributed by atoms with E-state index in [4.69, 9.17) is 0 Å². The highest BCUT2D eigenvalue weighted by molar-refractivity contribution is 7.87. The minimum absolute atomic E-state index is 0.0533. The lowest BCUT2D eigenvalue weighted by atomic mass is 9.16. The van der Waals surface area contributed by atoms with Gasteiger partial charge in [-0.2, -0.15) is 0 Å². The highest BCUT2D eigenvalue weighted by Gasteiger charge is 2.72. The van der Waals surface area contributed by atoms with Crippen molar-refractivity contribution in [2.75, 3.05) is 0 Å². The molecule has 1 saturated heterocycles. The quantitative estimate of drug-likeness (QED) is 0.0412. The Labute approximate surface area is 354 Å². The van der Waals surface area contributed by atoms with E-state index >= 15 is 48.3 Å². The predicted molar refractivity (Wildman–Crippen MR) is 205 cm³/mol. The van der Waals surface area contributed by atoms with E-state index in [1.165, 1.54) is 41.5 Å². The standard InChI is InChI=1S/C42H32B2F19P/c1-8-9-11-16-15-44(21-27(50)34(57)39(62)35(58)28(21)51,22-29(52)36(59)40(63)37(60)30(22)53)19(64(16,41(2,3)4)42(5,6)7)12-10-13-43(17-14-18(45)24(47)31(54)23(17)46)20-25(48)32(55)38(61)33(56)26(20)49/h13-14,16H,8-9,11,15H2,1-7H3. The molecule has 1 heterocycles. The first-order valence-electron chi connectivity index (χ1n) is 19.1. The molecule has 0 amide bonds. The fourth-order valence-electron chi connectivity index (χ4n) is 10.0. The Morgan fingerprint density at radius 3 is 1.28 bits per heavy atom. The average molecular weight is 950 g/mol. The van der Waals surface area contributed by atoms with Gasteiger partial charge in [-0.15, -0.1) is 17.2 Å². The van der Waals surface area contributed by atoms with Crippen molar-refractivity contribution in [1.29, 1.82) is 0 Å². The van der Waals surface area contributed by atoms with E-state index in [-0.39, 0.29) is 24.9 Å². The fourth-order valence-corrected chi connectivity index (χ4v) is 18.6. The summed E-state index contributed by atoms with van der Waals surface area (Å²) in [6.07, 6.45) is -5.73. The topological polar surface area (TPSA) is 0 Å². The van der Waals surface area contributed by atoms with Crippen molar-refractivity contribution in [3.63, 3.8) is 0 Å². The van der Waals surface area contributed by atoms with Gasteiger partial charge in [-0.25, -0.2) is 83.4 Å². The fraction of sp³-hybridized carbons (Fsp3) is 0.333. The molecular weight excluding hydrogens is 918 g/mol. The van der Waals surface area contributed by atoms with Crippen molar-refractivity contribution in [3.8, 4) is 0 Å². The second kappa shape index (κ2) is 17.3. The lowest BCUT2D eigenvalue weighted by Crippen LogP contribution is -2.64. The highest BCUT2D eigenvalue weighted by atomic mass is 31.2. The minimum Gasteiger partial charge on any atom is -0.207 e. The van der Waals surface area contributed by atoms with Crippen molar-refractivity contribution >= 4 is 42.0 Å². The van der Waals surface area contributed by atoms with Crippen LogP contribution < -0.4 is 21.9 Å². The molecular formula is C42H32B2F19P. The summed E-state index contributed by atoms with van der Waals surface area (Å²) in [5.41, 5.74) is -5.03. The maximum absolute atomic E-state index is 16.6. The number of hydrogen-bond acceptors (Lipinski definition) is 0. The summed E-state index contributed by atoms with van der Waals surface area (Å²) in [5, 5.41) is -3.83. The number of hydrogen-bond donors (Lipinski definition) is 0. The van der Waals surface area contributed by atoms with Gasteiger partial charge >= 0.3 is 0 Å². The molecule has 0 spiro atoms. The first-order valence-corrected chi connectivity index (χ1v) is 21.0. The normalized spacial score (nSPS) is 16.0. The summed E-state index contributed by atoms with van der Waals surface area (Å²) in [4.78, 5) is 0. The lowest BCUT2D eigenvalue weighted by Gasteiger charge is -2.52. The van der Waals surface area contributed by atoms with E-state index in [1.54, 1.807) is 6.92 Å². The van der Waals surface area contributed by atoms with Gasteiger partial charge in [0, 0.05) is 18.4 Å². The largest absolute Gasteiger partial charge is 0.254 e. The third kappa shape index (κ3) is 7.28. The Morgan fingerprint density at radius 2 is 0.906 bits per heavy atom. The van der Waals surface area contributed by atoms with Gasteiger partial charge in [0.05, 0.1) is 10.3 Å². The molecule has 64 heavy (non-hydrogen) atoms. The first-order chi connectivity index (χ1) is 29.4. The molecule has 1 atom stereocenters.